The van der Waals surface area contributed by atoms with Gasteiger partial charge in [-0.05, 0) is 37.2 Å². The van der Waals surface area contributed by atoms with Crippen molar-refractivity contribution in [2.45, 2.75) is 6.42 Å². The predicted octanol–water partition coefficient (Wildman–Crippen LogP) is 2.27. The Morgan fingerprint density at radius 1 is 1.31 bits per heavy atom. The van der Waals surface area contributed by atoms with Crippen molar-refractivity contribution < 1.29 is 9.53 Å². The fourth-order valence-electron chi connectivity index (χ4n) is 2.77. The molecule has 3 rings (SSSR count). The van der Waals surface area contributed by atoms with E-state index in [0.29, 0.717) is 11.4 Å². The Hall–Kier alpha value is -1.67. The second-order valence-electron chi connectivity index (χ2n) is 5.96. The highest BCUT2D eigenvalue weighted by Gasteiger charge is 2.12. The van der Waals surface area contributed by atoms with Crippen LogP contribution in [0.3, 0.4) is 0 Å². The van der Waals surface area contributed by atoms with Crippen LogP contribution in [0.5, 0.6) is 5.75 Å². The van der Waals surface area contributed by atoms with Gasteiger partial charge in [0.15, 0.2) is 0 Å². The van der Waals surface area contributed by atoms with Gasteiger partial charge in [0.2, 0.25) is 0 Å². The van der Waals surface area contributed by atoms with E-state index in [1.54, 1.807) is 13.3 Å². The maximum absolute atomic E-state index is 12.3. The molecule has 1 aromatic carbocycles. The van der Waals surface area contributed by atoms with Gasteiger partial charge in [0.25, 0.3) is 5.91 Å². The van der Waals surface area contributed by atoms with Crippen LogP contribution in [0, 0.1) is 0 Å². The van der Waals surface area contributed by atoms with E-state index in [2.05, 4.69) is 20.5 Å². The Bertz CT molecular complexity index is 687. The molecular formula is C18H25ClN4O2S. The van der Waals surface area contributed by atoms with E-state index in [-0.39, 0.29) is 18.3 Å². The van der Waals surface area contributed by atoms with Crippen LogP contribution in [0.15, 0.2) is 30.5 Å². The molecule has 1 aromatic heterocycles. The van der Waals surface area contributed by atoms with Crippen LogP contribution in [0.2, 0.25) is 0 Å². The monoisotopic (exact) mass is 396 g/mol. The minimum absolute atomic E-state index is 0. The molecule has 0 radical (unpaired) electrons. The van der Waals surface area contributed by atoms with Gasteiger partial charge in [0.1, 0.15) is 15.6 Å². The summed E-state index contributed by atoms with van der Waals surface area (Å²) < 4.78 is 5.16. The lowest BCUT2D eigenvalue weighted by molar-refractivity contribution is 0.0955. The standard InChI is InChI=1S/C18H24N4O2S.ClH/c1-24-15-5-3-14(4-6-15)18-21-13-16(25-18)17(23)20-7-2-10-22-11-8-19-9-12-22;/h3-6,13,19H,2,7-12H2,1H3,(H,20,23);1H. The number of nitrogens with zero attached hydrogens (tertiary/aromatic N) is 2. The van der Waals surface area contributed by atoms with Crippen molar-refractivity contribution in [1.29, 1.82) is 0 Å². The van der Waals surface area contributed by atoms with Crippen LogP contribution in [-0.2, 0) is 0 Å². The lowest BCUT2D eigenvalue weighted by atomic mass is 10.2. The average Bonchev–Trinajstić information content (AvgIpc) is 3.16. The zero-order chi connectivity index (χ0) is 17.5. The maximum atomic E-state index is 12.3. The minimum atomic E-state index is -0.0439. The summed E-state index contributed by atoms with van der Waals surface area (Å²) in [6.45, 7) is 6.02. The molecule has 6 nitrogen and oxygen atoms in total. The molecule has 2 aromatic rings. The van der Waals surface area contributed by atoms with Crippen molar-refractivity contribution in [3.05, 3.63) is 35.3 Å². The molecule has 8 heteroatoms. The molecule has 1 saturated heterocycles. The first-order valence-electron chi connectivity index (χ1n) is 8.58. The summed E-state index contributed by atoms with van der Waals surface area (Å²) >= 11 is 1.41. The largest absolute Gasteiger partial charge is 0.497 e. The fraction of sp³-hybridized carbons (Fsp3) is 0.444. The number of hydrogen-bond acceptors (Lipinski definition) is 6. The number of amides is 1. The number of thiazole rings is 1. The van der Waals surface area contributed by atoms with Gasteiger partial charge < -0.3 is 20.3 Å². The van der Waals surface area contributed by atoms with Crippen LogP contribution in [-0.4, -0.2) is 62.2 Å². The van der Waals surface area contributed by atoms with Crippen LogP contribution in [0.1, 0.15) is 16.1 Å². The Morgan fingerprint density at radius 2 is 2.04 bits per heavy atom. The highest BCUT2D eigenvalue weighted by Crippen LogP contribution is 2.26. The summed E-state index contributed by atoms with van der Waals surface area (Å²) in [6, 6.07) is 7.69. The number of methoxy groups -OCH3 is 1. The summed E-state index contributed by atoms with van der Waals surface area (Å²) in [6.07, 6.45) is 2.62. The summed E-state index contributed by atoms with van der Waals surface area (Å²) in [5.74, 6) is 0.764. The minimum Gasteiger partial charge on any atom is -0.497 e. The summed E-state index contributed by atoms with van der Waals surface area (Å²) in [7, 11) is 1.64. The molecule has 0 unspecified atom stereocenters. The lowest BCUT2D eigenvalue weighted by Gasteiger charge is -2.26. The van der Waals surface area contributed by atoms with Gasteiger partial charge in [-0.3, -0.25) is 4.79 Å². The van der Waals surface area contributed by atoms with Crippen LogP contribution in [0.4, 0.5) is 0 Å². The first-order chi connectivity index (χ1) is 12.3. The van der Waals surface area contributed by atoms with Crippen LogP contribution in [0.25, 0.3) is 10.6 Å². The number of piperazine rings is 1. The van der Waals surface area contributed by atoms with E-state index in [1.807, 2.05) is 24.3 Å². The summed E-state index contributed by atoms with van der Waals surface area (Å²) in [5.41, 5.74) is 0.989. The third kappa shape index (κ3) is 5.67. The Kier molecular flexibility index (Phi) is 8.31. The summed E-state index contributed by atoms with van der Waals surface area (Å²) in [5, 5.41) is 7.18. The highest BCUT2D eigenvalue weighted by molar-refractivity contribution is 7.16. The van der Waals surface area contributed by atoms with Gasteiger partial charge in [-0.15, -0.1) is 23.7 Å². The third-order valence-electron chi connectivity index (χ3n) is 4.21. The van der Waals surface area contributed by atoms with E-state index in [1.165, 1.54) is 11.3 Å². The molecule has 0 aliphatic carbocycles. The van der Waals surface area contributed by atoms with Crippen molar-refractivity contribution in [3.8, 4) is 16.3 Å². The number of benzene rings is 1. The zero-order valence-electron chi connectivity index (χ0n) is 14.9. The van der Waals surface area contributed by atoms with E-state index in [4.69, 9.17) is 4.74 Å². The Morgan fingerprint density at radius 3 is 2.73 bits per heavy atom. The first kappa shape index (κ1) is 20.6. The van der Waals surface area contributed by atoms with E-state index < -0.39 is 0 Å². The molecule has 142 valence electrons. The average molecular weight is 397 g/mol. The second kappa shape index (κ2) is 10.5. The fourth-order valence-corrected chi connectivity index (χ4v) is 3.61. The maximum Gasteiger partial charge on any atom is 0.263 e. The highest BCUT2D eigenvalue weighted by atomic mass is 35.5. The van der Waals surface area contributed by atoms with Crippen molar-refractivity contribution >= 4 is 29.7 Å². The van der Waals surface area contributed by atoms with E-state index in [9.17, 15) is 4.79 Å². The van der Waals surface area contributed by atoms with Crippen molar-refractivity contribution in [2.24, 2.45) is 0 Å². The SMILES string of the molecule is COc1ccc(-c2ncc(C(=O)NCCCN3CCNCC3)s2)cc1.Cl. The van der Waals surface area contributed by atoms with Crippen LogP contribution < -0.4 is 15.4 Å². The molecule has 1 amide bonds. The Labute approximate surface area is 164 Å². The first-order valence-corrected chi connectivity index (χ1v) is 9.39. The number of rotatable bonds is 7. The molecule has 1 aliphatic heterocycles. The smallest absolute Gasteiger partial charge is 0.263 e. The van der Waals surface area contributed by atoms with Gasteiger partial charge >= 0.3 is 0 Å². The number of aromatic nitrogens is 1. The summed E-state index contributed by atoms with van der Waals surface area (Å²) in [4.78, 5) is 19.7. The van der Waals surface area contributed by atoms with E-state index in [0.717, 1.165) is 55.5 Å². The number of nitrogens with one attached hydrogen (secondary N) is 2. The molecule has 0 bridgehead atoms. The lowest BCUT2D eigenvalue weighted by Crippen LogP contribution is -2.44. The molecule has 0 atom stereocenters. The molecule has 2 N–H and O–H groups in total. The van der Waals surface area contributed by atoms with Gasteiger partial charge in [0.05, 0.1) is 13.3 Å². The number of halogens is 1. The van der Waals surface area contributed by atoms with Crippen molar-refractivity contribution in [3.63, 3.8) is 0 Å². The quantitative estimate of drug-likeness (QED) is 0.703. The third-order valence-corrected chi connectivity index (χ3v) is 5.26. The number of carbonyl (C=O) groups is 1. The predicted molar refractivity (Wildman–Crippen MR) is 108 cm³/mol. The van der Waals surface area contributed by atoms with Crippen molar-refractivity contribution in [2.75, 3.05) is 46.4 Å². The van der Waals surface area contributed by atoms with Crippen LogP contribution >= 0.6 is 23.7 Å². The van der Waals surface area contributed by atoms with Crippen molar-refractivity contribution in [1.82, 2.24) is 20.5 Å². The molecule has 2 heterocycles. The molecule has 1 aliphatic rings. The molecule has 0 spiro atoms. The molecule has 0 saturated carbocycles. The van der Waals surface area contributed by atoms with Gasteiger partial charge in [-0.1, -0.05) is 0 Å². The number of ether oxygens (including phenoxy) is 1. The van der Waals surface area contributed by atoms with Gasteiger partial charge in [-0.2, -0.15) is 0 Å². The topological polar surface area (TPSA) is 66.5 Å². The molecule has 26 heavy (non-hydrogen) atoms. The molecular weight excluding hydrogens is 372 g/mol. The second-order valence-corrected chi connectivity index (χ2v) is 6.99. The zero-order valence-corrected chi connectivity index (χ0v) is 16.5. The van der Waals surface area contributed by atoms with Gasteiger partial charge in [-0.25, -0.2) is 4.98 Å². The normalized spacial score (nSPS) is 14.5. The number of hydrogen-bond donors (Lipinski definition) is 2. The number of carbonyl (C=O) groups excluding carboxylic acids is 1. The Balaban J connectivity index is 0.00000243. The van der Waals surface area contributed by atoms with Gasteiger partial charge in [0, 0.05) is 38.3 Å². The molecule has 1 fully saturated rings. The van der Waals surface area contributed by atoms with E-state index >= 15 is 0 Å².